The van der Waals surface area contributed by atoms with Crippen LogP contribution in [0.25, 0.3) is 0 Å². The maximum Gasteiger partial charge on any atom is 0.226 e. The third kappa shape index (κ3) is 8.54. The number of amides is 1. The third-order valence-electron chi connectivity index (χ3n) is 3.37. The summed E-state index contributed by atoms with van der Waals surface area (Å²) in [7, 11) is 0. The Morgan fingerprint density at radius 1 is 1.32 bits per heavy atom. The van der Waals surface area contributed by atoms with Crippen molar-refractivity contribution in [3.05, 3.63) is 45.9 Å². The predicted molar refractivity (Wildman–Crippen MR) is 107 cm³/mol. The lowest BCUT2D eigenvalue weighted by atomic mass is 10.2. The van der Waals surface area contributed by atoms with Crippen LogP contribution in [0.2, 0.25) is 0 Å². The SMILES string of the molecule is Cc1ccc(OCc2nc(CC(=O)NCC(C)CN)cs2)cc1.Cl.Cl. The summed E-state index contributed by atoms with van der Waals surface area (Å²) in [6, 6.07) is 7.90. The lowest BCUT2D eigenvalue weighted by Gasteiger charge is -2.09. The van der Waals surface area contributed by atoms with E-state index in [9.17, 15) is 4.79 Å². The van der Waals surface area contributed by atoms with Crippen molar-refractivity contribution in [3.8, 4) is 5.75 Å². The number of carbonyl (C=O) groups is 1. The number of halogens is 2. The highest BCUT2D eigenvalue weighted by Gasteiger charge is 2.09. The van der Waals surface area contributed by atoms with Crippen LogP contribution in [0, 0.1) is 12.8 Å². The molecule has 0 saturated carbocycles. The fourth-order valence-electron chi connectivity index (χ4n) is 1.87. The Kier molecular flexibility index (Phi) is 11.4. The Balaban J connectivity index is 0.00000288. The van der Waals surface area contributed by atoms with Gasteiger partial charge in [0.1, 0.15) is 17.4 Å². The van der Waals surface area contributed by atoms with Gasteiger partial charge < -0.3 is 15.8 Å². The highest BCUT2D eigenvalue weighted by Crippen LogP contribution is 2.16. The minimum atomic E-state index is -0.0263. The largest absolute Gasteiger partial charge is 0.486 e. The Labute approximate surface area is 165 Å². The minimum absolute atomic E-state index is 0. The third-order valence-corrected chi connectivity index (χ3v) is 4.25. The summed E-state index contributed by atoms with van der Waals surface area (Å²) in [6.07, 6.45) is 0.290. The molecule has 1 aromatic carbocycles. The molecule has 1 aromatic heterocycles. The van der Waals surface area contributed by atoms with Gasteiger partial charge >= 0.3 is 0 Å². The molecule has 25 heavy (non-hydrogen) atoms. The van der Waals surface area contributed by atoms with Crippen LogP contribution >= 0.6 is 36.2 Å². The average Bonchev–Trinajstić information content (AvgIpc) is 2.99. The number of nitrogens with two attached hydrogens (primary N) is 1. The lowest BCUT2D eigenvalue weighted by molar-refractivity contribution is -0.120. The van der Waals surface area contributed by atoms with Crippen LogP contribution in [0.3, 0.4) is 0 Å². The lowest BCUT2D eigenvalue weighted by Crippen LogP contribution is -2.32. The Morgan fingerprint density at radius 3 is 2.64 bits per heavy atom. The topological polar surface area (TPSA) is 77.2 Å². The Morgan fingerprint density at radius 2 is 2.00 bits per heavy atom. The van der Waals surface area contributed by atoms with Crippen molar-refractivity contribution < 1.29 is 9.53 Å². The molecule has 3 N–H and O–H groups in total. The van der Waals surface area contributed by atoms with Gasteiger partial charge in [0.25, 0.3) is 0 Å². The number of nitrogens with zero attached hydrogens (tertiary/aromatic N) is 1. The zero-order chi connectivity index (χ0) is 16.7. The number of rotatable bonds is 8. The molecule has 0 aliphatic heterocycles. The van der Waals surface area contributed by atoms with Gasteiger partial charge in [-0.2, -0.15) is 0 Å². The van der Waals surface area contributed by atoms with Crippen LogP contribution in [0.15, 0.2) is 29.6 Å². The molecule has 0 fully saturated rings. The van der Waals surface area contributed by atoms with Crippen molar-refractivity contribution in [1.29, 1.82) is 0 Å². The molecule has 1 unspecified atom stereocenters. The molecular formula is C17H25Cl2N3O2S. The quantitative estimate of drug-likeness (QED) is 0.706. The van der Waals surface area contributed by atoms with Crippen molar-refractivity contribution in [2.75, 3.05) is 13.1 Å². The molecule has 0 spiro atoms. The first-order valence-electron chi connectivity index (χ1n) is 7.66. The number of carbonyl (C=O) groups excluding carboxylic acids is 1. The highest BCUT2D eigenvalue weighted by atomic mass is 35.5. The highest BCUT2D eigenvalue weighted by molar-refractivity contribution is 7.09. The van der Waals surface area contributed by atoms with Gasteiger partial charge in [-0.15, -0.1) is 36.2 Å². The van der Waals surface area contributed by atoms with Crippen LogP contribution in [0.5, 0.6) is 5.75 Å². The van der Waals surface area contributed by atoms with Gasteiger partial charge in [-0.25, -0.2) is 4.98 Å². The van der Waals surface area contributed by atoms with Gasteiger partial charge in [0, 0.05) is 11.9 Å². The number of hydrogen-bond donors (Lipinski definition) is 2. The molecule has 1 amide bonds. The van der Waals surface area contributed by atoms with E-state index >= 15 is 0 Å². The van der Waals surface area contributed by atoms with Gasteiger partial charge in [0.15, 0.2) is 0 Å². The van der Waals surface area contributed by atoms with Gasteiger partial charge in [0.05, 0.1) is 12.1 Å². The monoisotopic (exact) mass is 405 g/mol. The van der Waals surface area contributed by atoms with Gasteiger partial charge in [-0.05, 0) is 31.5 Å². The number of aryl methyl sites for hydroxylation is 1. The second kappa shape index (κ2) is 12.1. The van der Waals surface area contributed by atoms with E-state index in [1.165, 1.54) is 16.9 Å². The molecule has 2 aromatic rings. The van der Waals surface area contributed by atoms with Gasteiger partial charge in [-0.3, -0.25) is 4.79 Å². The van der Waals surface area contributed by atoms with E-state index in [-0.39, 0.29) is 36.6 Å². The zero-order valence-electron chi connectivity index (χ0n) is 14.4. The van der Waals surface area contributed by atoms with Gasteiger partial charge in [-0.1, -0.05) is 24.6 Å². The van der Waals surface area contributed by atoms with Crippen LogP contribution in [-0.4, -0.2) is 24.0 Å². The van der Waals surface area contributed by atoms with E-state index in [2.05, 4.69) is 10.3 Å². The van der Waals surface area contributed by atoms with E-state index in [1.807, 2.05) is 43.5 Å². The molecule has 2 rings (SSSR count). The summed E-state index contributed by atoms with van der Waals surface area (Å²) >= 11 is 1.51. The minimum Gasteiger partial charge on any atom is -0.486 e. The average molecular weight is 406 g/mol. The number of hydrogen-bond acceptors (Lipinski definition) is 5. The molecule has 0 radical (unpaired) electrons. The summed E-state index contributed by atoms with van der Waals surface area (Å²) in [4.78, 5) is 16.3. The maximum absolute atomic E-state index is 11.8. The molecule has 5 nitrogen and oxygen atoms in total. The number of benzene rings is 1. The zero-order valence-corrected chi connectivity index (χ0v) is 16.8. The molecule has 8 heteroatoms. The second-order valence-corrected chi connectivity index (χ2v) is 6.60. The summed E-state index contributed by atoms with van der Waals surface area (Å²) in [6.45, 7) is 5.62. The van der Waals surface area contributed by atoms with Gasteiger partial charge in [0.2, 0.25) is 5.91 Å². The number of aromatic nitrogens is 1. The molecule has 0 aliphatic carbocycles. The van der Waals surface area contributed by atoms with Crippen molar-refractivity contribution >= 4 is 42.1 Å². The molecule has 0 bridgehead atoms. The first kappa shape index (κ1) is 23.7. The summed E-state index contributed by atoms with van der Waals surface area (Å²) in [5, 5.41) is 5.64. The number of ether oxygens (including phenoxy) is 1. The summed E-state index contributed by atoms with van der Waals surface area (Å²) < 4.78 is 5.69. The Hall–Kier alpha value is -1.34. The molecule has 140 valence electrons. The molecule has 1 heterocycles. The fourth-order valence-corrected chi connectivity index (χ4v) is 2.58. The first-order valence-corrected chi connectivity index (χ1v) is 8.54. The Bertz CT molecular complexity index is 635. The van der Waals surface area contributed by atoms with E-state index in [0.29, 0.717) is 26.1 Å². The van der Waals surface area contributed by atoms with Crippen LogP contribution in [0.1, 0.15) is 23.2 Å². The normalized spacial score (nSPS) is 11.0. The van der Waals surface area contributed by atoms with E-state index in [0.717, 1.165) is 16.5 Å². The first-order chi connectivity index (χ1) is 11.1. The molecular weight excluding hydrogens is 381 g/mol. The number of nitrogens with one attached hydrogen (secondary N) is 1. The molecule has 1 atom stereocenters. The number of thiazole rings is 1. The van der Waals surface area contributed by atoms with Crippen molar-refractivity contribution in [1.82, 2.24) is 10.3 Å². The fraction of sp³-hybridized carbons (Fsp3) is 0.412. The van der Waals surface area contributed by atoms with Crippen LogP contribution in [0.4, 0.5) is 0 Å². The second-order valence-electron chi connectivity index (χ2n) is 5.66. The maximum atomic E-state index is 11.8. The van der Waals surface area contributed by atoms with E-state index in [4.69, 9.17) is 10.5 Å². The summed E-state index contributed by atoms with van der Waals surface area (Å²) in [5.41, 5.74) is 7.50. The van der Waals surface area contributed by atoms with Crippen molar-refractivity contribution in [2.24, 2.45) is 11.7 Å². The van der Waals surface area contributed by atoms with Crippen molar-refractivity contribution in [2.45, 2.75) is 26.9 Å². The van der Waals surface area contributed by atoms with E-state index < -0.39 is 0 Å². The van der Waals surface area contributed by atoms with Crippen LogP contribution < -0.4 is 15.8 Å². The predicted octanol–water partition coefficient (Wildman–Crippen LogP) is 3.13. The smallest absolute Gasteiger partial charge is 0.226 e. The van der Waals surface area contributed by atoms with Crippen molar-refractivity contribution in [3.63, 3.8) is 0 Å². The van der Waals surface area contributed by atoms with E-state index in [1.54, 1.807) is 0 Å². The summed E-state index contributed by atoms with van der Waals surface area (Å²) in [5.74, 6) is 1.08. The molecule has 0 aliphatic rings. The standard InChI is InChI=1S/C17H23N3O2S.2ClH/c1-12-3-5-15(6-4-12)22-10-17-20-14(11-23-17)7-16(21)19-9-13(2)8-18;;/h3-6,11,13H,7-10,18H2,1-2H3,(H,19,21);2*1H. The van der Waals surface area contributed by atoms with Crippen LogP contribution in [-0.2, 0) is 17.8 Å². The molecule has 0 saturated heterocycles.